The Morgan fingerprint density at radius 2 is 2.00 bits per heavy atom. The van der Waals surface area contributed by atoms with Gasteiger partial charge in [-0.15, -0.1) is 11.3 Å². The number of nitrogens with one attached hydrogen (secondary N) is 1. The fraction of sp³-hybridized carbons (Fsp3) is 0.118. The molecule has 26 heavy (non-hydrogen) atoms. The summed E-state index contributed by atoms with van der Waals surface area (Å²) in [7, 11) is 0. The third kappa shape index (κ3) is 3.83. The second-order valence-electron chi connectivity index (χ2n) is 5.33. The van der Waals surface area contributed by atoms with Gasteiger partial charge in [-0.25, -0.2) is 15.0 Å². The summed E-state index contributed by atoms with van der Waals surface area (Å²) >= 11 is 1.40. The largest absolute Gasteiger partial charge is 0.508 e. The lowest BCUT2D eigenvalue weighted by molar-refractivity contribution is -0.137. The minimum Gasteiger partial charge on any atom is -0.508 e. The molecule has 9 heteroatoms. The van der Waals surface area contributed by atoms with Crippen LogP contribution in [-0.4, -0.2) is 20.1 Å². The molecule has 134 valence electrons. The van der Waals surface area contributed by atoms with Crippen LogP contribution in [0, 0.1) is 6.92 Å². The van der Waals surface area contributed by atoms with Crippen molar-refractivity contribution >= 4 is 29.0 Å². The summed E-state index contributed by atoms with van der Waals surface area (Å²) in [4.78, 5) is 13.6. The zero-order valence-corrected chi connectivity index (χ0v) is 14.3. The first-order valence-corrected chi connectivity index (χ1v) is 8.19. The van der Waals surface area contributed by atoms with Crippen molar-refractivity contribution in [3.8, 4) is 16.5 Å². The number of anilines is 2. The standard InChI is InChI=1S/C17H13F3N4OS/c1-3-14-9(2)22-15(26-14)13-4-5-21-16(24-13)23-11-6-10(17(18,19)20)7-12(25)8-11/h3-8,25H,1H2,2H3,(H,21,23,24). The van der Waals surface area contributed by atoms with Crippen LogP contribution in [-0.2, 0) is 6.18 Å². The fourth-order valence-electron chi connectivity index (χ4n) is 2.22. The van der Waals surface area contributed by atoms with Crippen molar-refractivity contribution in [2.75, 3.05) is 5.32 Å². The van der Waals surface area contributed by atoms with E-state index in [2.05, 4.69) is 26.8 Å². The molecule has 3 rings (SSSR count). The molecule has 1 aromatic carbocycles. The summed E-state index contributed by atoms with van der Waals surface area (Å²) in [5.74, 6) is -0.418. The molecular formula is C17H13F3N4OS. The van der Waals surface area contributed by atoms with Crippen LogP contribution in [0.3, 0.4) is 0 Å². The zero-order chi connectivity index (χ0) is 18.9. The molecule has 5 nitrogen and oxygen atoms in total. The monoisotopic (exact) mass is 378 g/mol. The molecule has 2 aromatic heterocycles. The first-order valence-electron chi connectivity index (χ1n) is 7.38. The number of benzene rings is 1. The van der Waals surface area contributed by atoms with Gasteiger partial charge in [0.2, 0.25) is 5.95 Å². The summed E-state index contributed by atoms with van der Waals surface area (Å²) in [5.41, 5.74) is 0.398. The van der Waals surface area contributed by atoms with Gasteiger partial charge in [-0.2, -0.15) is 13.2 Å². The number of hydrogen-bond donors (Lipinski definition) is 2. The second kappa shape index (κ2) is 6.75. The highest BCUT2D eigenvalue weighted by Gasteiger charge is 2.31. The highest BCUT2D eigenvalue weighted by molar-refractivity contribution is 7.16. The number of phenolic OH excluding ortho intramolecular Hbond substituents is 1. The molecule has 0 aliphatic rings. The summed E-state index contributed by atoms with van der Waals surface area (Å²) in [6.07, 6.45) is -1.40. The maximum atomic E-state index is 12.9. The van der Waals surface area contributed by atoms with Crippen LogP contribution in [0.15, 0.2) is 37.0 Å². The number of aromatic hydroxyl groups is 1. The van der Waals surface area contributed by atoms with Gasteiger partial charge in [0.05, 0.1) is 11.3 Å². The van der Waals surface area contributed by atoms with Crippen LogP contribution in [0.25, 0.3) is 16.8 Å². The van der Waals surface area contributed by atoms with Crippen LogP contribution in [0.1, 0.15) is 16.1 Å². The number of aromatic nitrogens is 3. The van der Waals surface area contributed by atoms with Crippen LogP contribution in [0.2, 0.25) is 0 Å². The predicted molar refractivity (Wildman–Crippen MR) is 94.4 cm³/mol. The van der Waals surface area contributed by atoms with Crippen molar-refractivity contribution in [3.63, 3.8) is 0 Å². The first kappa shape index (κ1) is 17.9. The number of halogens is 3. The molecule has 3 aromatic rings. The number of hydrogen-bond acceptors (Lipinski definition) is 6. The molecule has 0 aliphatic heterocycles. The molecule has 0 aliphatic carbocycles. The van der Waals surface area contributed by atoms with Crippen LogP contribution >= 0.6 is 11.3 Å². The van der Waals surface area contributed by atoms with E-state index in [0.29, 0.717) is 16.8 Å². The number of rotatable bonds is 4. The van der Waals surface area contributed by atoms with Gasteiger partial charge in [-0.3, -0.25) is 0 Å². The molecule has 0 spiro atoms. The van der Waals surface area contributed by atoms with E-state index < -0.39 is 17.5 Å². The lowest BCUT2D eigenvalue weighted by atomic mass is 10.2. The van der Waals surface area contributed by atoms with E-state index in [0.717, 1.165) is 22.7 Å². The number of alkyl halides is 3. The Morgan fingerprint density at radius 1 is 1.23 bits per heavy atom. The number of nitrogens with zero attached hydrogens (tertiary/aromatic N) is 3. The molecular weight excluding hydrogens is 365 g/mol. The highest BCUT2D eigenvalue weighted by atomic mass is 32.1. The topological polar surface area (TPSA) is 70.9 Å². The minimum atomic E-state index is -4.57. The van der Waals surface area contributed by atoms with Crippen molar-refractivity contribution in [1.82, 2.24) is 15.0 Å². The molecule has 0 unspecified atom stereocenters. The summed E-state index contributed by atoms with van der Waals surface area (Å²) in [6.45, 7) is 5.57. The average molecular weight is 378 g/mol. The van der Waals surface area contributed by atoms with Gasteiger partial charge in [0.15, 0.2) is 0 Å². The third-order valence-electron chi connectivity index (χ3n) is 3.39. The molecule has 0 fully saturated rings. The molecule has 0 atom stereocenters. The number of thiazole rings is 1. The summed E-state index contributed by atoms with van der Waals surface area (Å²) in [6, 6.07) is 4.34. The Balaban J connectivity index is 1.92. The highest BCUT2D eigenvalue weighted by Crippen LogP contribution is 2.34. The first-order chi connectivity index (χ1) is 12.3. The van der Waals surface area contributed by atoms with Gasteiger partial charge in [0, 0.05) is 22.8 Å². The molecule has 0 bridgehead atoms. The van der Waals surface area contributed by atoms with Crippen molar-refractivity contribution in [2.45, 2.75) is 13.1 Å². The van der Waals surface area contributed by atoms with E-state index >= 15 is 0 Å². The molecule has 0 saturated heterocycles. The van der Waals surface area contributed by atoms with Gasteiger partial charge in [-0.05, 0) is 25.1 Å². The van der Waals surface area contributed by atoms with E-state index in [1.807, 2.05) is 6.92 Å². The van der Waals surface area contributed by atoms with Crippen LogP contribution in [0.4, 0.5) is 24.8 Å². The fourth-order valence-corrected chi connectivity index (χ4v) is 3.11. The third-order valence-corrected chi connectivity index (χ3v) is 4.57. The van der Waals surface area contributed by atoms with E-state index in [-0.39, 0.29) is 11.6 Å². The van der Waals surface area contributed by atoms with E-state index in [1.165, 1.54) is 17.5 Å². The Morgan fingerprint density at radius 3 is 2.65 bits per heavy atom. The molecule has 2 N–H and O–H groups in total. The Hall–Kier alpha value is -2.94. The molecule has 2 heterocycles. The lowest BCUT2D eigenvalue weighted by Gasteiger charge is -2.11. The van der Waals surface area contributed by atoms with Gasteiger partial charge >= 0.3 is 6.18 Å². The van der Waals surface area contributed by atoms with E-state index in [9.17, 15) is 18.3 Å². The molecule has 0 amide bonds. The van der Waals surface area contributed by atoms with Crippen LogP contribution < -0.4 is 5.32 Å². The Kier molecular flexibility index (Phi) is 4.64. The van der Waals surface area contributed by atoms with Gasteiger partial charge in [0.1, 0.15) is 16.5 Å². The van der Waals surface area contributed by atoms with Gasteiger partial charge < -0.3 is 10.4 Å². The van der Waals surface area contributed by atoms with E-state index in [1.54, 1.807) is 12.1 Å². The summed E-state index contributed by atoms with van der Waals surface area (Å²) < 4.78 is 38.6. The van der Waals surface area contributed by atoms with Crippen molar-refractivity contribution < 1.29 is 18.3 Å². The maximum absolute atomic E-state index is 12.9. The van der Waals surface area contributed by atoms with Gasteiger partial charge in [-0.1, -0.05) is 12.7 Å². The van der Waals surface area contributed by atoms with Crippen molar-refractivity contribution in [1.29, 1.82) is 0 Å². The maximum Gasteiger partial charge on any atom is 0.416 e. The Bertz CT molecular complexity index is 969. The Labute approximate surface area is 150 Å². The lowest BCUT2D eigenvalue weighted by Crippen LogP contribution is -2.06. The molecule has 0 saturated carbocycles. The van der Waals surface area contributed by atoms with Crippen LogP contribution in [0.5, 0.6) is 5.75 Å². The quantitative estimate of drug-likeness (QED) is 0.667. The van der Waals surface area contributed by atoms with Gasteiger partial charge in [0.25, 0.3) is 0 Å². The van der Waals surface area contributed by atoms with Crippen molar-refractivity contribution in [2.24, 2.45) is 0 Å². The number of phenols is 1. The minimum absolute atomic E-state index is 0.0246. The SMILES string of the molecule is C=Cc1sc(-c2ccnc(Nc3cc(O)cc(C(F)(F)F)c3)n2)nc1C. The molecule has 0 radical (unpaired) electrons. The predicted octanol–water partition coefficient (Wildman–Crippen LogP) is 5.02. The number of aryl methyl sites for hydroxylation is 1. The summed E-state index contributed by atoms with van der Waals surface area (Å²) in [5, 5.41) is 12.9. The average Bonchev–Trinajstić information content (AvgIpc) is 2.95. The zero-order valence-electron chi connectivity index (χ0n) is 13.5. The smallest absolute Gasteiger partial charge is 0.416 e. The normalized spacial score (nSPS) is 11.4. The second-order valence-corrected chi connectivity index (χ2v) is 6.36. The van der Waals surface area contributed by atoms with Crippen molar-refractivity contribution in [3.05, 3.63) is 53.2 Å². The van der Waals surface area contributed by atoms with E-state index in [4.69, 9.17) is 0 Å².